The lowest BCUT2D eigenvalue weighted by Gasteiger charge is -2.11. The number of carbonyl (C=O) groups excluding carboxylic acids is 1. The molecule has 33 heavy (non-hydrogen) atoms. The highest BCUT2D eigenvalue weighted by atomic mass is 16.5. The highest BCUT2D eigenvalue weighted by molar-refractivity contribution is 5.96. The van der Waals surface area contributed by atoms with Gasteiger partial charge in [-0.25, -0.2) is 4.79 Å². The fraction of sp³-hybridized carbons (Fsp3) is 0.185. The number of aryl methyl sites for hydroxylation is 1. The second-order valence-electron chi connectivity index (χ2n) is 7.66. The third-order valence-electron chi connectivity index (χ3n) is 5.66. The Hall–Kier alpha value is -4.24. The summed E-state index contributed by atoms with van der Waals surface area (Å²) in [4.78, 5) is 12.3. The largest absolute Gasteiger partial charge is 0.497 e. The van der Waals surface area contributed by atoms with Crippen LogP contribution < -0.4 is 15.4 Å². The fourth-order valence-corrected chi connectivity index (χ4v) is 4.05. The average Bonchev–Trinajstić information content (AvgIpc) is 3.17. The molecule has 0 bridgehead atoms. The number of amides is 2. The number of nitrogens with one attached hydrogen (secondary N) is 2. The molecule has 0 fully saturated rings. The number of hydrogen-bond donors (Lipinski definition) is 2. The van der Waals surface area contributed by atoms with Crippen LogP contribution in [0.25, 0.3) is 22.2 Å². The summed E-state index contributed by atoms with van der Waals surface area (Å²) >= 11 is 0. The first-order chi connectivity index (χ1) is 16.1. The maximum Gasteiger partial charge on any atom is 0.319 e. The Morgan fingerprint density at radius 1 is 1.06 bits per heavy atom. The summed E-state index contributed by atoms with van der Waals surface area (Å²) < 4.78 is 7.49. The molecule has 3 aromatic carbocycles. The van der Waals surface area contributed by atoms with Gasteiger partial charge in [0.15, 0.2) is 0 Å². The van der Waals surface area contributed by atoms with E-state index >= 15 is 0 Å². The lowest BCUT2D eigenvalue weighted by atomic mass is 10.1. The topological polar surface area (TPSA) is 79.1 Å². The number of carbonyl (C=O) groups is 1. The van der Waals surface area contributed by atoms with Crippen molar-refractivity contribution in [2.75, 3.05) is 19.0 Å². The summed E-state index contributed by atoms with van der Waals surface area (Å²) in [7, 11) is 1.63. The predicted molar refractivity (Wildman–Crippen MR) is 131 cm³/mol. The van der Waals surface area contributed by atoms with E-state index in [9.17, 15) is 10.1 Å². The zero-order chi connectivity index (χ0) is 23.2. The molecule has 0 radical (unpaired) electrons. The molecule has 0 aliphatic carbocycles. The lowest BCUT2D eigenvalue weighted by molar-refractivity contribution is 0.252. The molecule has 0 saturated carbocycles. The molecule has 0 unspecified atom stereocenters. The molecule has 4 rings (SSSR count). The van der Waals surface area contributed by atoms with E-state index in [1.54, 1.807) is 7.11 Å². The summed E-state index contributed by atoms with van der Waals surface area (Å²) in [6, 6.07) is 25.5. The molecule has 0 aliphatic heterocycles. The Morgan fingerprint density at radius 3 is 2.48 bits per heavy atom. The first-order valence-corrected chi connectivity index (χ1v) is 10.9. The Labute approximate surface area is 193 Å². The number of fused-ring (bicyclic) bond motifs is 1. The van der Waals surface area contributed by atoms with Gasteiger partial charge in [-0.15, -0.1) is 0 Å². The second-order valence-corrected chi connectivity index (χ2v) is 7.66. The number of methoxy groups -OCH3 is 1. The number of nitriles is 1. The van der Waals surface area contributed by atoms with Gasteiger partial charge in [0.1, 0.15) is 11.8 Å². The van der Waals surface area contributed by atoms with Crippen LogP contribution in [0.4, 0.5) is 10.5 Å². The van der Waals surface area contributed by atoms with Crippen LogP contribution in [0, 0.1) is 11.3 Å². The van der Waals surface area contributed by atoms with Gasteiger partial charge >= 0.3 is 6.03 Å². The van der Waals surface area contributed by atoms with E-state index < -0.39 is 0 Å². The molecule has 4 aromatic rings. The molecule has 166 valence electrons. The van der Waals surface area contributed by atoms with E-state index in [0.717, 1.165) is 34.3 Å². The van der Waals surface area contributed by atoms with Crippen molar-refractivity contribution >= 4 is 22.6 Å². The number of aromatic nitrogens is 1. The van der Waals surface area contributed by atoms with Crippen LogP contribution >= 0.6 is 0 Å². The van der Waals surface area contributed by atoms with Crippen molar-refractivity contribution in [2.24, 2.45) is 0 Å². The number of urea groups is 1. The Bertz CT molecular complexity index is 1300. The van der Waals surface area contributed by atoms with Crippen molar-refractivity contribution in [1.82, 2.24) is 9.88 Å². The van der Waals surface area contributed by atoms with Crippen LogP contribution in [0.5, 0.6) is 5.75 Å². The first kappa shape index (κ1) is 22.0. The number of nitrogens with zero attached hydrogens (tertiary/aromatic N) is 2. The molecule has 6 heteroatoms. The molecule has 1 aromatic heterocycles. The first-order valence-electron chi connectivity index (χ1n) is 10.9. The van der Waals surface area contributed by atoms with E-state index in [-0.39, 0.29) is 6.03 Å². The molecule has 0 aliphatic rings. The van der Waals surface area contributed by atoms with Crippen molar-refractivity contribution in [3.8, 4) is 23.1 Å². The maximum absolute atomic E-state index is 12.3. The Morgan fingerprint density at radius 2 is 1.82 bits per heavy atom. The zero-order valence-electron chi connectivity index (χ0n) is 18.8. The average molecular weight is 439 g/mol. The van der Waals surface area contributed by atoms with Crippen molar-refractivity contribution in [1.29, 1.82) is 5.26 Å². The van der Waals surface area contributed by atoms with Crippen molar-refractivity contribution < 1.29 is 9.53 Å². The number of hydrogen-bond acceptors (Lipinski definition) is 3. The van der Waals surface area contributed by atoms with Gasteiger partial charge in [-0.1, -0.05) is 42.5 Å². The highest BCUT2D eigenvalue weighted by Crippen LogP contribution is 2.35. The molecule has 0 saturated heterocycles. The van der Waals surface area contributed by atoms with Gasteiger partial charge < -0.3 is 19.9 Å². The number of ether oxygens (including phenoxy) is 1. The van der Waals surface area contributed by atoms with Gasteiger partial charge in [0, 0.05) is 30.2 Å². The Balaban J connectivity index is 1.51. The quantitative estimate of drug-likeness (QED) is 0.396. The zero-order valence-corrected chi connectivity index (χ0v) is 18.8. The summed E-state index contributed by atoms with van der Waals surface area (Å²) in [6.45, 7) is 3.32. The van der Waals surface area contributed by atoms with E-state index in [2.05, 4.69) is 28.2 Å². The molecule has 2 N–H and O–H groups in total. The van der Waals surface area contributed by atoms with Gasteiger partial charge in [-0.3, -0.25) is 0 Å². The van der Waals surface area contributed by atoms with Crippen molar-refractivity contribution in [2.45, 2.75) is 19.9 Å². The smallest absolute Gasteiger partial charge is 0.319 e. The van der Waals surface area contributed by atoms with Gasteiger partial charge in [-0.05, 0) is 48.7 Å². The molecule has 1 heterocycles. The van der Waals surface area contributed by atoms with E-state index in [1.165, 1.54) is 5.56 Å². The standard InChI is InChI=1S/C27H26N4O2/c1-3-31-25-17-22(33-2)13-14-23(25)24(18-28)26(31)20-9-11-21(12-10-20)30-27(32)29-16-15-19-7-5-4-6-8-19/h4-14,17H,3,15-16H2,1-2H3,(H2,29,30,32). The van der Waals surface area contributed by atoms with Crippen LogP contribution in [-0.4, -0.2) is 24.3 Å². The second kappa shape index (κ2) is 9.92. The molecular formula is C27H26N4O2. The minimum Gasteiger partial charge on any atom is -0.497 e. The molecule has 0 spiro atoms. The number of benzene rings is 3. The van der Waals surface area contributed by atoms with Gasteiger partial charge in [0.05, 0.1) is 23.9 Å². The fourth-order valence-electron chi connectivity index (χ4n) is 4.05. The third kappa shape index (κ3) is 4.68. The van der Waals surface area contributed by atoms with Gasteiger partial charge in [0.2, 0.25) is 0 Å². The predicted octanol–water partition coefficient (Wildman–Crippen LogP) is 5.57. The van der Waals surface area contributed by atoms with E-state index in [4.69, 9.17) is 4.74 Å². The van der Waals surface area contributed by atoms with Gasteiger partial charge in [0.25, 0.3) is 0 Å². The Kier molecular flexibility index (Phi) is 6.61. The molecule has 2 amide bonds. The van der Waals surface area contributed by atoms with Crippen LogP contribution in [0.1, 0.15) is 18.1 Å². The SMILES string of the molecule is CCn1c(-c2ccc(NC(=O)NCCc3ccccc3)cc2)c(C#N)c2ccc(OC)cc21. The minimum atomic E-state index is -0.244. The maximum atomic E-state index is 12.3. The lowest BCUT2D eigenvalue weighted by Crippen LogP contribution is -2.30. The van der Waals surface area contributed by atoms with Crippen LogP contribution in [0.2, 0.25) is 0 Å². The normalized spacial score (nSPS) is 10.6. The van der Waals surface area contributed by atoms with E-state index in [1.807, 2.05) is 72.8 Å². The molecule has 0 atom stereocenters. The number of rotatable bonds is 7. The summed E-state index contributed by atoms with van der Waals surface area (Å²) in [5.41, 5.74) is 5.24. The monoisotopic (exact) mass is 438 g/mol. The van der Waals surface area contributed by atoms with Crippen molar-refractivity contribution in [3.63, 3.8) is 0 Å². The molecular weight excluding hydrogens is 412 g/mol. The van der Waals surface area contributed by atoms with Crippen LogP contribution in [0.3, 0.4) is 0 Å². The van der Waals surface area contributed by atoms with Gasteiger partial charge in [-0.2, -0.15) is 5.26 Å². The minimum absolute atomic E-state index is 0.244. The van der Waals surface area contributed by atoms with E-state index in [0.29, 0.717) is 24.3 Å². The summed E-state index contributed by atoms with van der Waals surface area (Å²) in [6.07, 6.45) is 0.774. The summed E-state index contributed by atoms with van der Waals surface area (Å²) in [5.74, 6) is 0.753. The highest BCUT2D eigenvalue weighted by Gasteiger charge is 2.18. The summed E-state index contributed by atoms with van der Waals surface area (Å²) in [5, 5.41) is 16.5. The van der Waals surface area contributed by atoms with Crippen LogP contribution in [0.15, 0.2) is 72.8 Å². The number of anilines is 1. The van der Waals surface area contributed by atoms with Crippen LogP contribution in [-0.2, 0) is 13.0 Å². The molecule has 6 nitrogen and oxygen atoms in total. The third-order valence-corrected chi connectivity index (χ3v) is 5.66. The van der Waals surface area contributed by atoms with Crippen molar-refractivity contribution in [3.05, 3.63) is 83.9 Å².